The van der Waals surface area contributed by atoms with Gasteiger partial charge >= 0.3 is 6.18 Å². The third kappa shape index (κ3) is 2.74. The number of nitrogens with zero attached hydrogens (tertiary/aromatic N) is 1. The molecular weight excluding hydrogens is 303 g/mol. The van der Waals surface area contributed by atoms with Crippen LogP contribution in [0.5, 0.6) is 0 Å². The van der Waals surface area contributed by atoms with Crippen molar-refractivity contribution in [3.05, 3.63) is 65.5 Å². The molecule has 3 aromatic rings. The quantitative estimate of drug-likeness (QED) is 0.610. The van der Waals surface area contributed by atoms with Crippen LogP contribution in [0.4, 0.5) is 13.2 Å². The van der Waals surface area contributed by atoms with Crippen molar-refractivity contribution in [2.24, 2.45) is 0 Å². The van der Waals surface area contributed by atoms with E-state index in [0.29, 0.717) is 0 Å². The Morgan fingerprint density at radius 1 is 1.05 bits per heavy atom. The summed E-state index contributed by atoms with van der Waals surface area (Å²) in [5.41, 5.74) is 0.420. The monoisotopic (exact) mass is 311 g/mol. The molecule has 1 atom stereocenters. The van der Waals surface area contributed by atoms with Gasteiger partial charge in [0.05, 0.1) is 5.56 Å². The summed E-state index contributed by atoms with van der Waals surface area (Å²) in [6.07, 6.45) is -4.41. The molecule has 108 valence electrons. The number of fused-ring (bicyclic) bond motifs is 1. The molecule has 3 rings (SSSR count). The zero-order chi connectivity index (χ0) is 15.0. The van der Waals surface area contributed by atoms with E-state index in [1.165, 1.54) is 6.07 Å². The number of halogens is 4. The first-order valence-corrected chi connectivity index (χ1v) is 6.55. The van der Waals surface area contributed by atoms with Gasteiger partial charge in [0.1, 0.15) is 10.9 Å². The van der Waals surface area contributed by atoms with Crippen LogP contribution in [0.2, 0.25) is 0 Å². The van der Waals surface area contributed by atoms with Gasteiger partial charge in [-0.2, -0.15) is 13.2 Å². The Bertz CT molecular complexity index is 767. The van der Waals surface area contributed by atoms with Gasteiger partial charge in [0.2, 0.25) is 5.89 Å². The molecule has 0 N–H and O–H groups in total. The topological polar surface area (TPSA) is 26.0 Å². The fourth-order valence-electron chi connectivity index (χ4n) is 1.99. The molecule has 0 fully saturated rings. The van der Waals surface area contributed by atoms with Crippen molar-refractivity contribution in [2.75, 3.05) is 0 Å². The maximum atomic E-state index is 12.7. The van der Waals surface area contributed by atoms with Crippen LogP contribution in [0.1, 0.15) is 22.4 Å². The summed E-state index contributed by atoms with van der Waals surface area (Å²) in [6.45, 7) is 0. The summed E-state index contributed by atoms with van der Waals surface area (Å²) in [6, 6.07) is 12.2. The standard InChI is InChI=1S/C15H9ClF3NO/c16-13(9-4-2-1-3-5-9)14-20-11-8-10(15(17,18)19)6-7-12(11)21-14/h1-8,13H. The number of aromatic nitrogens is 1. The van der Waals surface area contributed by atoms with Gasteiger partial charge in [-0.15, -0.1) is 11.6 Å². The van der Waals surface area contributed by atoms with Gasteiger partial charge in [0.25, 0.3) is 0 Å². The molecule has 1 unspecified atom stereocenters. The molecule has 0 aliphatic heterocycles. The second-order valence-corrected chi connectivity index (χ2v) is 4.94. The van der Waals surface area contributed by atoms with Crippen LogP contribution in [0.15, 0.2) is 52.9 Å². The largest absolute Gasteiger partial charge is 0.439 e. The first-order valence-electron chi connectivity index (χ1n) is 6.12. The average molecular weight is 312 g/mol. The summed E-state index contributed by atoms with van der Waals surface area (Å²) < 4.78 is 43.4. The number of hydrogen-bond acceptors (Lipinski definition) is 2. The Morgan fingerprint density at radius 2 is 1.76 bits per heavy atom. The van der Waals surface area contributed by atoms with Crippen LogP contribution >= 0.6 is 11.6 Å². The molecule has 0 saturated heterocycles. The summed E-state index contributed by atoms with van der Waals surface area (Å²) in [4.78, 5) is 4.06. The van der Waals surface area contributed by atoms with E-state index in [9.17, 15) is 13.2 Å². The first-order chi connectivity index (χ1) is 9.95. The van der Waals surface area contributed by atoms with Crippen LogP contribution in [0, 0.1) is 0 Å². The molecule has 0 spiro atoms. The average Bonchev–Trinajstić information content (AvgIpc) is 2.89. The van der Waals surface area contributed by atoms with Crippen LogP contribution in [-0.4, -0.2) is 4.98 Å². The number of rotatable bonds is 2. The molecule has 2 aromatic carbocycles. The Balaban J connectivity index is 2.02. The minimum Gasteiger partial charge on any atom is -0.439 e. The second kappa shape index (κ2) is 5.07. The van der Waals surface area contributed by atoms with E-state index in [1.807, 2.05) is 18.2 Å². The first kappa shape index (κ1) is 13.9. The van der Waals surface area contributed by atoms with Crippen molar-refractivity contribution in [1.29, 1.82) is 0 Å². The van der Waals surface area contributed by atoms with Gasteiger partial charge in [-0.05, 0) is 23.8 Å². The summed E-state index contributed by atoms with van der Waals surface area (Å²) in [5.74, 6) is 0.178. The molecule has 6 heteroatoms. The third-order valence-electron chi connectivity index (χ3n) is 3.04. The molecular formula is C15H9ClF3NO. The van der Waals surface area contributed by atoms with Crippen LogP contribution in [0.3, 0.4) is 0 Å². The van der Waals surface area contributed by atoms with E-state index in [-0.39, 0.29) is 17.0 Å². The van der Waals surface area contributed by atoms with Gasteiger partial charge in [-0.3, -0.25) is 0 Å². The van der Waals surface area contributed by atoms with E-state index >= 15 is 0 Å². The van der Waals surface area contributed by atoms with E-state index in [4.69, 9.17) is 16.0 Å². The molecule has 0 saturated carbocycles. The van der Waals surface area contributed by atoms with Gasteiger partial charge in [0, 0.05) is 0 Å². The van der Waals surface area contributed by atoms with Gasteiger partial charge in [0.15, 0.2) is 5.58 Å². The molecule has 0 aliphatic carbocycles. The van der Waals surface area contributed by atoms with Crippen molar-refractivity contribution in [3.63, 3.8) is 0 Å². The minimum atomic E-state index is -4.41. The van der Waals surface area contributed by atoms with E-state index in [0.717, 1.165) is 17.7 Å². The highest BCUT2D eigenvalue weighted by Crippen LogP contribution is 2.34. The smallest absolute Gasteiger partial charge is 0.416 e. The van der Waals surface area contributed by atoms with Crippen LogP contribution in [-0.2, 0) is 6.18 Å². The maximum Gasteiger partial charge on any atom is 0.416 e. The van der Waals surface area contributed by atoms with Gasteiger partial charge in [-0.1, -0.05) is 30.3 Å². The predicted molar refractivity (Wildman–Crippen MR) is 73.1 cm³/mol. The summed E-state index contributed by atoms with van der Waals surface area (Å²) in [5, 5.41) is -0.645. The maximum absolute atomic E-state index is 12.7. The van der Waals surface area contributed by atoms with Crippen LogP contribution in [0.25, 0.3) is 11.1 Å². The van der Waals surface area contributed by atoms with Gasteiger partial charge in [-0.25, -0.2) is 4.98 Å². The minimum absolute atomic E-state index is 0.140. The highest BCUT2D eigenvalue weighted by molar-refractivity contribution is 6.22. The Kier molecular flexibility index (Phi) is 3.37. The summed E-state index contributed by atoms with van der Waals surface area (Å²) >= 11 is 6.25. The molecule has 21 heavy (non-hydrogen) atoms. The number of hydrogen-bond donors (Lipinski definition) is 0. The highest BCUT2D eigenvalue weighted by atomic mass is 35.5. The fraction of sp³-hybridized carbons (Fsp3) is 0.133. The zero-order valence-electron chi connectivity index (χ0n) is 10.6. The van der Waals surface area contributed by atoms with E-state index in [1.54, 1.807) is 12.1 Å². The normalized spacial score (nSPS) is 13.5. The third-order valence-corrected chi connectivity index (χ3v) is 3.48. The van der Waals surface area contributed by atoms with Crippen LogP contribution < -0.4 is 0 Å². The molecule has 0 radical (unpaired) electrons. The van der Waals surface area contributed by atoms with Crippen molar-refractivity contribution < 1.29 is 17.6 Å². The van der Waals surface area contributed by atoms with Crippen molar-refractivity contribution in [3.8, 4) is 0 Å². The molecule has 0 bridgehead atoms. The lowest BCUT2D eigenvalue weighted by atomic mass is 10.1. The molecule has 1 aromatic heterocycles. The SMILES string of the molecule is FC(F)(F)c1ccc2oc(C(Cl)c3ccccc3)nc2c1. The Labute approximate surface area is 123 Å². The summed E-state index contributed by atoms with van der Waals surface area (Å²) in [7, 11) is 0. The lowest BCUT2D eigenvalue weighted by Gasteiger charge is -2.04. The molecule has 1 heterocycles. The van der Waals surface area contributed by atoms with E-state index in [2.05, 4.69) is 4.98 Å². The molecule has 2 nitrogen and oxygen atoms in total. The zero-order valence-corrected chi connectivity index (χ0v) is 11.3. The lowest BCUT2D eigenvalue weighted by molar-refractivity contribution is -0.137. The molecule has 0 aliphatic rings. The highest BCUT2D eigenvalue weighted by Gasteiger charge is 2.31. The predicted octanol–water partition coefficient (Wildman–Crippen LogP) is 5.17. The number of alkyl halides is 4. The number of oxazole rings is 1. The second-order valence-electron chi connectivity index (χ2n) is 4.51. The van der Waals surface area contributed by atoms with Gasteiger partial charge < -0.3 is 4.42 Å². The van der Waals surface area contributed by atoms with Crippen molar-refractivity contribution in [2.45, 2.75) is 11.6 Å². The van der Waals surface area contributed by atoms with E-state index < -0.39 is 17.1 Å². The number of benzene rings is 2. The Morgan fingerprint density at radius 3 is 2.43 bits per heavy atom. The molecule has 0 amide bonds. The Hall–Kier alpha value is -2.01. The van der Waals surface area contributed by atoms with Crippen molar-refractivity contribution in [1.82, 2.24) is 4.98 Å². The fourth-order valence-corrected chi connectivity index (χ4v) is 2.23. The van der Waals surface area contributed by atoms with Crippen molar-refractivity contribution >= 4 is 22.7 Å². The lowest BCUT2D eigenvalue weighted by Crippen LogP contribution is -2.04.